The number of hydrogen-bond acceptors (Lipinski definition) is 7. The highest BCUT2D eigenvalue weighted by molar-refractivity contribution is 6.00. The average molecular weight is 442 g/mol. The third-order valence-corrected chi connectivity index (χ3v) is 6.05. The highest BCUT2D eigenvalue weighted by Gasteiger charge is 2.44. The van der Waals surface area contributed by atoms with Gasteiger partial charge in [0.25, 0.3) is 0 Å². The number of ketones is 1. The van der Waals surface area contributed by atoms with E-state index in [2.05, 4.69) is 23.9 Å². The van der Waals surface area contributed by atoms with E-state index in [4.69, 9.17) is 18.9 Å². The molecular weight excluding hydrogens is 420 g/mol. The maximum Gasteiger partial charge on any atom is 0.228 e. The first-order valence-corrected chi connectivity index (χ1v) is 10.9. The lowest BCUT2D eigenvalue weighted by molar-refractivity contribution is -0.118. The summed E-state index contributed by atoms with van der Waals surface area (Å²) in [4.78, 5) is 22.5. The number of aromatic nitrogens is 4. The third kappa shape index (κ3) is 3.38. The Morgan fingerprint density at radius 3 is 2.79 bits per heavy atom. The highest BCUT2D eigenvalue weighted by atomic mass is 16.5. The molecule has 2 aliphatic rings. The fourth-order valence-electron chi connectivity index (χ4n) is 4.66. The molecule has 6 rings (SSSR count). The van der Waals surface area contributed by atoms with Crippen molar-refractivity contribution >= 4 is 11.4 Å². The molecular formula is C25H22N4O4. The van der Waals surface area contributed by atoms with E-state index >= 15 is 0 Å². The van der Waals surface area contributed by atoms with Crippen LogP contribution in [0.15, 0.2) is 70.8 Å². The van der Waals surface area contributed by atoms with Crippen molar-refractivity contribution in [3.63, 3.8) is 0 Å². The van der Waals surface area contributed by atoms with Gasteiger partial charge >= 0.3 is 0 Å². The Bertz CT molecular complexity index is 1390. The van der Waals surface area contributed by atoms with Crippen LogP contribution in [0.3, 0.4) is 0 Å². The molecule has 0 saturated heterocycles. The average Bonchev–Trinajstić information content (AvgIpc) is 3.46. The van der Waals surface area contributed by atoms with Crippen molar-refractivity contribution in [3.05, 3.63) is 83.5 Å². The first-order chi connectivity index (χ1) is 16.0. The number of rotatable bonds is 4. The zero-order valence-corrected chi connectivity index (χ0v) is 18.3. The van der Waals surface area contributed by atoms with Gasteiger partial charge in [-0.05, 0) is 29.7 Å². The first kappa shape index (κ1) is 19.7. The summed E-state index contributed by atoms with van der Waals surface area (Å²) < 4.78 is 19.4. The predicted octanol–water partition coefficient (Wildman–Crippen LogP) is 4.46. The lowest BCUT2D eigenvalue weighted by Crippen LogP contribution is -2.33. The van der Waals surface area contributed by atoms with Crippen molar-refractivity contribution < 1.29 is 18.7 Å². The van der Waals surface area contributed by atoms with Gasteiger partial charge < -0.3 is 13.9 Å². The normalized spacial score (nSPS) is 19.2. The van der Waals surface area contributed by atoms with Crippen molar-refractivity contribution in [2.45, 2.75) is 39.2 Å². The van der Waals surface area contributed by atoms with Crippen LogP contribution in [0.2, 0.25) is 0 Å². The molecule has 8 nitrogen and oxygen atoms in total. The minimum absolute atomic E-state index is 0.0578. The smallest absolute Gasteiger partial charge is 0.228 e. The molecule has 0 fully saturated rings. The number of hydrogen-bond donors (Lipinski definition) is 0. The second kappa shape index (κ2) is 7.30. The zero-order valence-electron chi connectivity index (χ0n) is 18.3. The van der Waals surface area contributed by atoms with Gasteiger partial charge in [0, 0.05) is 18.4 Å². The van der Waals surface area contributed by atoms with Gasteiger partial charge in [-0.2, -0.15) is 0 Å². The Kier molecular flexibility index (Phi) is 4.36. The quantitative estimate of drug-likeness (QED) is 0.461. The van der Waals surface area contributed by atoms with Crippen molar-refractivity contribution in [2.24, 2.45) is 5.41 Å². The van der Waals surface area contributed by atoms with Gasteiger partial charge in [-0.1, -0.05) is 32.0 Å². The van der Waals surface area contributed by atoms with Gasteiger partial charge in [0.05, 0.1) is 17.7 Å². The standard InChI is InChI=1S/C25H22N4O4/c1-25(2)11-16(30)20-18(12-25)33-24-22(21(20)17-9-6-10-31-17)23-27-19(28-29(23)14-26-24)13-32-15-7-4-3-5-8-15/h3-10,14,21H,11-13H2,1-2H3/t21-/m1/s1. The number of furan rings is 1. The number of allylic oxidation sites excluding steroid dienone is 2. The lowest BCUT2D eigenvalue weighted by Gasteiger charge is -2.36. The Morgan fingerprint density at radius 1 is 1.15 bits per heavy atom. The largest absolute Gasteiger partial charge is 0.486 e. The van der Waals surface area contributed by atoms with E-state index < -0.39 is 5.92 Å². The van der Waals surface area contributed by atoms with E-state index in [-0.39, 0.29) is 17.8 Å². The number of fused-ring (bicyclic) bond motifs is 3. The van der Waals surface area contributed by atoms with Crippen LogP contribution in [0.1, 0.15) is 49.8 Å². The van der Waals surface area contributed by atoms with E-state index in [0.717, 1.165) is 5.75 Å². The number of Topliss-reactive ketones (excluding diaryl/α,β-unsaturated/α-hetero) is 1. The molecule has 1 aromatic carbocycles. The van der Waals surface area contributed by atoms with Crippen LogP contribution in [0.4, 0.5) is 0 Å². The molecule has 0 saturated carbocycles. The predicted molar refractivity (Wildman–Crippen MR) is 118 cm³/mol. The van der Waals surface area contributed by atoms with Crippen LogP contribution in [-0.4, -0.2) is 25.4 Å². The molecule has 4 aromatic rings. The third-order valence-electron chi connectivity index (χ3n) is 6.05. The number of carbonyl (C=O) groups is 1. The van der Waals surface area contributed by atoms with Gasteiger partial charge in [-0.3, -0.25) is 4.79 Å². The van der Waals surface area contributed by atoms with Gasteiger partial charge in [-0.15, -0.1) is 5.10 Å². The Hall–Kier alpha value is -3.94. The van der Waals surface area contributed by atoms with Crippen molar-refractivity contribution in [3.8, 4) is 11.6 Å². The van der Waals surface area contributed by atoms with Gasteiger partial charge in [0.15, 0.2) is 17.3 Å². The van der Waals surface area contributed by atoms with E-state index in [1.165, 1.54) is 0 Å². The number of carbonyl (C=O) groups excluding carboxylic acids is 1. The van der Waals surface area contributed by atoms with Crippen LogP contribution >= 0.6 is 0 Å². The maximum absolute atomic E-state index is 13.3. The summed E-state index contributed by atoms with van der Waals surface area (Å²) in [5, 5.41) is 4.53. The molecule has 8 heteroatoms. The van der Waals surface area contributed by atoms with E-state index in [9.17, 15) is 4.79 Å². The van der Waals surface area contributed by atoms with Gasteiger partial charge in [0.1, 0.15) is 30.2 Å². The molecule has 0 amide bonds. The summed E-state index contributed by atoms with van der Waals surface area (Å²) >= 11 is 0. The maximum atomic E-state index is 13.3. The summed E-state index contributed by atoms with van der Waals surface area (Å²) in [6.45, 7) is 4.35. The molecule has 0 spiro atoms. The summed E-state index contributed by atoms with van der Waals surface area (Å²) in [6, 6.07) is 13.2. The Morgan fingerprint density at radius 2 is 2.00 bits per heavy atom. The topological polar surface area (TPSA) is 91.8 Å². The summed E-state index contributed by atoms with van der Waals surface area (Å²) in [7, 11) is 0. The van der Waals surface area contributed by atoms with Gasteiger partial charge in [0.2, 0.25) is 5.88 Å². The SMILES string of the molecule is CC1(C)CC(=O)C2=C(C1)Oc1ncn3nc(COc4ccccc4)nc3c1[C@@H]2c1ccco1. The van der Waals surface area contributed by atoms with Crippen LogP contribution in [0.5, 0.6) is 11.6 Å². The fourth-order valence-corrected chi connectivity index (χ4v) is 4.66. The van der Waals surface area contributed by atoms with Crippen LogP contribution < -0.4 is 9.47 Å². The van der Waals surface area contributed by atoms with E-state index in [0.29, 0.717) is 52.8 Å². The second-order valence-electron chi connectivity index (χ2n) is 9.19. The molecule has 1 aliphatic heterocycles. The van der Waals surface area contributed by atoms with Crippen molar-refractivity contribution in [2.75, 3.05) is 0 Å². The van der Waals surface area contributed by atoms with Crippen molar-refractivity contribution in [1.82, 2.24) is 19.6 Å². The van der Waals surface area contributed by atoms with E-state index in [1.54, 1.807) is 17.1 Å². The molecule has 166 valence electrons. The van der Waals surface area contributed by atoms with Crippen molar-refractivity contribution in [1.29, 1.82) is 0 Å². The first-order valence-electron chi connectivity index (χ1n) is 10.9. The van der Waals surface area contributed by atoms with E-state index in [1.807, 2.05) is 42.5 Å². The molecule has 1 aliphatic carbocycles. The van der Waals surface area contributed by atoms with Crippen LogP contribution in [0, 0.1) is 5.41 Å². The number of ether oxygens (including phenoxy) is 2. The molecule has 1 atom stereocenters. The highest BCUT2D eigenvalue weighted by Crippen LogP contribution is 2.50. The number of nitrogens with zero attached hydrogens (tertiary/aromatic N) is 4. The summed E-state index contributed by atoms with van der Waals surface area (Å²) in [5.41, 5.74) is 1.69. The molecule has 0 N–H and O–H groups in total. The summed E-state index contributed by atoms with van der Waals surface area (Å²) in [6.07, 6.45) is 4.29. The van der Waals surface area contributed by atoms with Crippen LogP contribution in [-0.2, 0) is 11.4 Å². The molecule has 0 bridgehead atoms. The number of para-hydroxylation sites is 1. The van der Waals surface area contributed by atoms with Crippen LogP contribution in [0.25, 0.3) is 5.65 Å². The zero-order chi connectivity index (χ0) is 22.6. The molecule has 0 unspecified atom stereocenters. The minimum Gasteiger partial charge on any atom is -0.486 e. The number of benzene rings is 1. The minimum atomic E-state index is -0.453. The molecule has 0 radical (unpaired) electrons. The monoisotopic (exact) mass is 442 g/mol. The Labute approximate surface area is 189 Å². The fraction of sp³-hybridized carbons (Fsp3) is 0.280. The van der Waals surface area contributed by atoms with Gasteiger partial charge in [-0.25, -0.2) is 14.5 Å². The Balaban J connectivity index is 1.46. The summed E-state index contributed by atoms with van der Waals surface area (Å²) in [5.74, 6) is 2.58. The lowest BCUT2D eigenvalue weighted by atomic mass is 9.71. The molecule has 3 aromatic heterocycles. The molecule has 4 heterocycles. The second-order valence-corrected chi connectivity index (χ2v) is 9.19. The molecule has 33 heavy (non-hydrogen) atoms.